The zero-order valence-electron chi connectivity index (χ0n) is 24.3. The van der Waals surface area contributed by atoms with Gasteiger partial charge in [-0.15, -0.1) is 0 Å². The number of rotatable bonds is 8. The number of hydrogen-bond donors (Lipinski definition) is 4. The molecular formula is C35H34N6O2. The second-order valence-electron chi connectivity index (χ2n) is 11.1. The molecule has 0 saturated carbocycles. The first kappa shape index (κ1) is 28.0. The van der Waals surface area contributed by atoms with E-state index in [2.05, 4.69) is 43.7 Å². The summed E-state index contributed by atoms with van der Waals surface area (Å²) in [5, 5.41) is 18.0. The van der Waals surface area contributed by atoms with E-state index < -0.39 is 11.6 Å². The molecule has 0 fully saturated rings. The van der Waals surface area contributed by atoms with Gasteiger partial charge >= 0.3 is 0 Å². The summed E-state index contributed by atoms with van der Waals surface area (Å²) in [6, 6.07) is 23.6. The summed E-state index contributed by atoms with van der Waals surface area (Å²) in [6.07, 6.45) is 8.74. The lowest BCUT2D eigenvalue weighted by Crippen LogP contribution is -2.64. The third-order valence-electron chi connectivity index (χ3n) is 8.47. The molecule has 2 unspecified atom stereocenters. The van der Waals surface area contributed by atoms with E-state index in [-0.39, 0.29) is 11.8 Å². The highest BCUT2D eigenvalue weighted by molar-refractivity contribution is 5.96. The Labute approximate surface area is 250 Å². The van der Waals surface area contributed by atoms with E-state index in [9.17, 15) is 14.9 Å². The number of nitrogens with zero attached hydrogens (tertiary/aromatic N) is 2. The van der Waals surface area contributed by atoms with Gasteiger partial charge in [-0.3, -0.25) is 14.5 Å². The highest BCUT2D eigenvalue weighted by Crippen LogP contribution is 2.46. The molecule has 5 aromatic rings. The second-order valence-corrected chi connectivity index (χ2v) is 11.1. The van der Waals surface area contributed by atoms with Crippen molar-refractivity contribution in [3.63, 3.8) is 0 Å². The molecule has 0 aliphatic carbocycles. The number of nitriles is 1. The van der Waals surface area contributed by atoms with Crippen LogP contribution in [-0.4, -0.2) is 39.8 Å². The fraction of sp³-hybridized carbons (Fsp3) is 0.229. The average Bonchev–Trinajstić information content (AvgIpc) is 3.65. The molecule has 8 heteroatoms. The van der Waals surface area contributed by atoms with Gasteiger partial charge in [0.25, 0.3) is 0 Å². The van der Waals surface area contributed by atoms with E-state index in [0.717, 1.165) is 44.9 Å². The molecule has 2 aromatic heterocycles. The Morgan fingerprint density at radius 2 is 1.77 bits per heavy atom. The van der Waals surface area contributed by atoms with Crippen molar-refractivity contribution in [2.75, 3.05) is 13.1 Å². The number of hydrogen-bond acceptors (Lipinski definition) is 4. The zero-order chi connectivity index (χ0) is 30.0. The molecule has 2 amide bonds. The van der Waals surface area contributed by atoms with Crippen molar-refractivity contribution in [2.45, 2.75) is 38.4 Å². The van der Waals surface area contributed by atoms with Crippen LogP contribution in [0.3, 0.4) is 0 Å². The highest BCUT2D eigenvalue weighted by atomic mass is 16.2. The minimum absolute atomic E-state index is 0.236. The number of H-pyrrole nitrogens is 2. The van der Waals surface area contributed by atoms with E-state index in [4.69, 9.17) is 0 Å². The third-order valence-corrected chi connectivity index (χ3v) is 8.47. The van der Waals surface area contributed by atoms with Crippen LogP contribution in [0.2, 0.25) is 0 Å². The van der Waals surface area contributed by atoms with Crippen LogP contribution in [0, 0.1) is 18.3 Å². The Hall–Kier alpha value is -5.13. The predicted octanol–water partition coefficient (Wildman–Crippen LogP) is 5.48. The average molecular weight is 571 g/mol. The first-order valence-electron chi connectivity index (χ1n) is 14.5. The van der Waals surface area contributed by atoms with Crippen molar-refractivity contribution in [3.8, 4) is 6.07 Å². The van der Waals surface area contributed by atoms with Crippen LogP contribution in [0.1, 0.15) is 47.1 Å². The molecular weight excluding hydrogens is 536 g/mol. The maximum absolute atomic E-state index is 14.8. The van der Waals surface area contributed by atoms with Gasteiger partial charge in [0.2, 0.25) is 11.8 Å². The number of para-hydroxylation sites is 1. The zero-order valence-corrected chi connectivity index (χ0v) is 24.3. The molecule has 0 radical (unpaired) electrons. The van der Waals surface area contributed by atoms with Crippen molar-refractivity contribution in [3.05, 3.63) is 119 Å². The second kappa shape index (κ2) is 11.6. The SMILES string of the molecule is CC(=O)NC(c1c[nH]c2ccccc12)(C(C(=O)NCc1ccccc1C)c1c[nH]c2ccc(C#N)cc12)N1CC=CCC1. The molecule has 2 atom stereocenters. The smallest absolute Gasteiger partial charge is 0.232 e. The molecule has 0 bridgehead atoms. The van der Waals surface area contributed by atoms with Crippen LogP contribution in [0.25, 0.3) is 21.8 Å². The molecule has 1 aliphatic rings. The first-order chi connectivity index (χ1) is 20.9. The number of aryl methyl sites for hydroxylation is 1. The number of benzene rings is 3. The monoisotopic (exact) mass is 570 g/mol. The Balaban J connectivity index is 1.62. The first-order valence-corrected chi connectivity index (χ1v) is 14.5. The minimum atomic E-state index is -1.27. The van der Waals surface area contributed by atoms with Crippen LogP contribution in [0.5, 0.6) is 0 Å². The fourth-order valence-corrected chi connectivity index (χ4v) is 6.44. The van der Waals surface area contributed by atoms with E-state index in [1.165, 1.54) is 6.92 Å². The largest absolute Gasteiger partial charge is 0.361 e. The van der Waals surface area contributed by atoms with Gasteiger partial charge in [0.05, 0.1) is 11.6 Å². The minimum Gasteiger partial charge on any atom is -0.361 e. The van der Waals surface area contributed by atoms with Crippen LogP contribution >= 0.6 is 0 Å². The van der Waals surface area contributed by atoms with E-state index in [0.29, 0.717) is 30.8 Å². The van der Waals surface area contributed by atoms with Gasteiger partial charge in [0.15, 0.2) is 0 Å². The quantitative estimate of drug-likeness (QED) is 0.185. The van der Waals surface area contributed by atoms with Gasteiger partial charge in [-0.2, -0.15) is 5.26 Å². The van der Waals surface area contributed by atoms with E-state index in [1.807, 2.05) is 80.0 Å². The van der Waals surface area contributed by atoms with Gasteiger partial charge in [0, 0.05) is 66.3 Å². The molecule has 43 heavy (non-hydrogen) atoms. The van der Waals surface area contributed by atoms with Crippen LogP contribution in [0.15, 0.2) is 91.3 Å². The van der Waals surface area contributed by atoms with Gasteiger partial charge in [-0.05, 0) is 54.3 Å². The van der Waals surface area contributed by atoms with Gasteiger partial charge in [0.1, 0.15) is 11.6 Å². The van der Waals surface area contributed by atoms with Crippen molar-refractivity contribution in [1.82, 2.24) is 25.5 Å². The van der Waals surface area contributed by atoms with Crippen LogP contribution in [-0.2, 0) is 21.8 Å². The standard InChI is InChI=1S/C35H34N6O2/c1-23-10-4-5-11-26(23)20-39-34(43)33(29-21-37-32-15-14-25(19-36)18-28(29)32)35(40-24(2)42,41-16-8-3-9-17-41)30-22-38-31-13-7-6-12-27(30)31/h3-8,10-15,18,21-22,33,37-38H,9,16-17,20H2,1-2H3,(H,39,43)(H,40,42). The topological polar surface area (TPSA) is 117 Å². The number of nitrogens with one attached hydrogen (secondary N) is 4. The summed E-state index contributed by atoms with van der Waals surface area (Å²) in [5.41, 5.74) is 4.52. The van der Waals surface area contributed by atoms with Crippen LogP contribution in [0.4, 0.5) is 0 Å². The lowest BCUT2D eigenvalue weighted by atomic mass is 9.77. The molecule has 0 spiro atoms. The highest BCUT2D eigenvalue weighted by Gasteiger charge is 2.52. The molecule has 0 saturated heterocycles. The molecule has 6 rings (SSSR count). The number of fused-ring (bicyclic) bond motifs is 2. The molecule has 8 nitrogen and oxygen atoms in total. The molecule has 3 heterocycles. The summed E-state index contributed by atoms with van der Waals surface area (Å²) in [6.45, 7) is 5.01. The number of carbonyl (C=O) groups is 2. The Kier molecular flexibility index (Phi) is 7.58. The summed E-state index contributed by atoms with van der Waals surface area (Å²) < 4.78 is 0. The molecule has 1 aliphatic heterocycles. The third kappa shape index (κ3) is 5.09. The van der Waals surface area contributed by atoms with Gasteiger partial charge in [-0.25, -0.2) is 0 Å². The maximum atomic E-state index is 14.8. The fourth-order valence-electron chi connectivity index (χ4n) is 6.44. The molecule has 3 aromatic carbocycles. The van der Waals surface area contributed by atoms with Gasteiger partial charge < -0.3 is 20.6 Å². The molecule has 216 valence electrons. The van der Waals surface area contributed by atoms with Crippen molar-refractivity contribution >= 4 is 33.6 Å². The summed E-state index contributed by atoms with van der Waals surface area (Å²) in [4.78, 5) is 37.0. The van der Waals surface area contributed by atoms with Crippen molar-refractivity contribution in [2.24, 2.45) is 0 Å². The number of carbonyl (C=O) groups excluding carboxylic acids is 2. The number of aromatic nitrogens is 2. The van der Waals surface area contributed by atoms with Gasteiger partial charge in [-0.1, -0.05) is 54.6 Å². The Morgan fingerprint density at radius 1 is 1.00 bits per heavy atom. The van der Waals surface area contributed by atoms with Crippen LogP contribution < -0.4 is 10.6 Å². The van der Waals surface area contributed by atoms with Crippen molar-refractivity contribution in [1.29, 1.82) is 5.26 Å². The summed E-state index contributed by atoms with van der Waals surface area (Å²) in [5.74, 6) is -1.39. The van der Waals surface area contributed by atoms with E-state index in [1.54, 1.807) is 6.07 Å². The predicted molar refractivity (Wildman–Crippen MR) is 168 cm³/mol. The number of amides is 2. The number of aromatic amines is 2. The summed E-state index contributed by atoms with van der Waals surface area (Å²) in [7, 11) is 0. The van der Waals surface area contributed by atoms with E-state index >= 15 is 0 Å². The van der Waals surface area contributed by atoms with Crippen molar-refractivity contribution < 1.29 is 9.59 Å². The molecule has 4 N–H and O–H groups in total. The maximum Gasteiger partial charge on any atom is 0.232 e. The lowest BCUT2D eigenvalue weighted by Gasteiger charge is -2.49. The normalized spacial score (nSPS) is 15.6. The Bertz CT molecular complexity index is 1890. The lowest BCUT2D eigenvalue weighted by molar-refractivity contribution is -0.132. The summed E-state index contributed by atoms with van der Waals surface area (Å²) >= 11 is 0. The Morgan fingerprint density at radius 3 is 2.53 bits per heavy atom.